The van der Waals surface area contributed by atoms with Crippen molar-refractivity contribution in [2.24, 2.45) is 0 Å². The zero-order chi connectivity index (χ0) is 0. The van der Waals surface area contributed by atoms with Crippen LogP contribution < -0.4 is 0 Å². The van der Waals surface area contributed by atoms with E-state index in [4.69, 9.17) is 0 Å². The number of hydrogen-bond acceptors (Lipinski definition) is 0. The van der Waals surface area contributed by atoms with Crippen LogP contribution in [0.4, 0.5) is 0 Å². The predicted molar refractivity (Wildman–Crippen MR) is 7.15 cm³/mol. The van der Waals surface area contributed by atoms with Crippen molar-refractivity contribution < 1.29 is 50.6 Å². The molecule has 0 spiro atoms. The van der Waals surface area contributed by atoms with E-state index in [1.54, 1.807) is 0 Å². The molecule has 1 radical (unpaired) electrons. The van der Waals surface area contributed by atoms with Crippen LogP contribution in [0.15, 0.2) is 0 Å². The monoisotopic (exact) mass is 201 g/mol. The van der Waals surface area contributed by atoms with Crippen LogP contribution in [-0.4, -0.2) is 29.6 Å². The molecule has 0 fully saturated rings. The summed E-state index contributed by atoms with van der Waals surface area (Å²) in [6.07, 6.45) is 0. The van der Waals surface area contributed by atoms with Crippen LogP contribution in [0.1, 0.15) is 0 Å². The van der Waals surface area contributed by atoms with Gasteiger partial charge >= 0.3 is 29.6 Å². The third kappa shape index (κ3) is 8.82. The topological polar surface area (TPSA) is 0 Å². The zero-order valence-electron chi connectivity index (χ0n) is 0.971. The molecule has 0 bridgehead atoms. The van der Waals surface area contributed by atoms with Gasteiger partial charge in [0.25, 0.3) is 0 Å². The Morgan fingerprint density at radius 3 is 1.00 bits per heavy atom. The maximum atomic E-state index is 0. The summed E-state index contributed by atoms with van der Waals surface area (Å²) in [5.74, 6) is 0. The molecule has 0 atom stereocenters. The van der Waals surface area contributed by atoms with E-state index in [9.17, 15) is 0 Å². The number of rotatable bonds is 0. The second-order valence-corrected chi connectivity index (χ2v) is 0. The Bertz CT molecular complexity index is 8.00. The van der Waals surface area contributed by atoms with E-state index in [0.29, 0.717) is 0 Å². The summed E-state index contributed by atoms with van der Waals surface area (Å²) in [6, 6.07) is 0. The van der Waals surface area contributed by atoms with Crippen LogP contribution in [0, 0.1) is 0 Å². The normalized spacial score (nSPS) is 0. The molecule has 0 aliphatic carbocycles. The van der Waals surface area contributed by atoms with Gasteiger partial charge in [-0.2, -0.15) is 0 Å². The third-order valence-corrected chi connectivity index (χ3v) is 0. The second-order valence-electron chi connectivity index (χ2n) is 0. The Labute approximate surface area is 79.0 Å². The van der Waals surface area contributed by atoms with Gasteiger partial charge in [-0.25, -0.2) is 0 Å². The van der Waals surface area contributed by atoms with Crippen molar-refractivity contribution >= 4 is 29.6 Å². The van der Waals surface area contributed by atoms with Crippen molar-refractivity contribution in [1.82, 2.24) is 0 Å². The minimum atomic E-state index is 0. The minimum absolute atomic E-state index is 0. The van der Waals surface area contributed by atoms with Crippen LogP contribution >= 0.6 is 0 Å². The van der Waals surface area contributed by atoms with Gasteiger partial charge in [0.2, 0.25) is 0 Å². The molecule has 0 unspecified atom stereocenters. The first-order valence-electron chi connectivity index (χ1n) is 0. The van der Waals surface area contributed by atoms with E-state index in [1.165, 1.54) is 0 Å². The molecule has 0 aliphatic heterocycles. The van der Waals surface area contributed by atoms with Crippen molar-refractivity contribution in [2.75, 3.05) is 0 Å². The Morgan fingerprint density at radius 2 is 1.00 bits per heavy atom. The molecule has 0 rings (SSSR count). The molecule has 0 saturated heterocycles. The summed E-state index contributed by atoms with van der Waals surface area (Å²) >= 11 is 0. The van der Waals surface area contributed by atoms with Gasteiger partial charge in [-0.3, -0.25) is 0 Å². The fourth-order valence-electron chi connectivity index (χ4n) is 0. The van der Waals surface area contributed by atoms with Gasteiger partial charge in [-0.05, 0) is 0 Å². The van der Waals surface area contributed by atoms with Crippen molar-refractivity contribution in [2.45, 2.75) is 0 Å². The maximum Gasteiger partial charge on any atom is 0 e. The molecule has 0 N–H and O–H groups in total. The van der Waals surface area contributed by atoms with Gasteiger partial charge < -0.3 is 0 Å². The van der Waals surface area contributed by atoms with Crippen LogP contribution in [0.2, 0.25) is 0 Å². The smallest absolute Gasteiger partial charge is 0 e. The van der Waals surface area contributed by atoms with E-state index in [-0.39, 0.29) is 80.2 Å². The van der Waals surface area contributed by atoms with Crippen molar-refractivity contribution in [3.05, 3.63) is 0 Å². The Balaban J connectivity index is 0. The standard InChI is InChI=1S/Cu.Fe.Na.Ni.H. The quantitative estimate of drug-likeness (QED) is 0.458. The average molecular weight is 202 g/mol. The molecule has 0 aliphatic rings. The maximum absolute atomic E-state index is 0. The van der Waals surface area contributed by atoms with Crippen LogP contribution in [0.5, 0.6) is 0 Å². The van der Waals surface area contributed by atoms with Crippen LogP contribution in [-0.2, 0) is 50.6 Å². The first-order chi connectivity index (χ1) is 0. The van der Waals surface area contributed by atoms with Crippen molar-refractivity contribution in [3.63, 3.8) is 0 Å². The average Bonchev–Trinajstić information content (AvgIpc) is 0. The molecule has 0 aromatic rings. The fraction of sp³-hybridized carbons (Fsp3) is 0. The largest absolute Gasteiger partial charge is 0 e. The Morgan fingerprint density at radius 1 is 1.00 bits per heavy atom. The zero-order valence-corrected chi connectivity index (χ0v) is 4.00. The molecule has 0 amide bonds. The third-order valence-electron chi connectivity index (χ3n) is 0. The summed E-state index contributed by atoms with van der Waals surface area (Å²) in [7, 11) is 0. The van der Waals surface area contributed by atoms with E-state index >= 15 is 0 Å². The van der Waals surface area contributed by atoms with Gasteiger partial charge in [-0.15, -0.1) is 0 Å². The van der Waals surface area contributed by atoms with Gasteiger partial charge in [0, 0.05) is 50.6 Å². The first kappa shape index (κ1) is 31.2. The summed E-state index contributed by atoms with van der Waals surface area (Å²) in [4.78, 5) is 0. The van der Waals surface area contributed by atoms with Crippen LogP contribution in [0.25, 0.3) is 0 Å². The Kier molecular flexibility index (Phi) is 138. The first-order valence-corrected chi connectivity index (χ1v) is 0. The fourth-order valence-corrected chi connectivity index (χ4v) is 0. The van der Waals surface area contributed by atoms with Crippen LogP contribution in [0.3, 0.4) is 0 Å². The van der Waals surface area contributed by atoms with Crippen molar-refractivity contribution in [1.29, 1.82) is 0 Å². The van der Waals surface area contributed by atoms with E-state index in [2.05, 4.69) is 0 Å². The van der Waals surface area contributed by atoms with Gasteiger partial charge in [0.05, 0.1) is 0 Å². The molecule has 0 aromatic heterocycles. The molecule has 4 heteroatoms. The number of hydrogen-bond donors (Lipinski definition) is 0. The molecule has 0 heterocycles. The second kappa shape index (κ2) is 17.7. The van der Waals surface area contributed by atoms with E-state index in [1.807, 2.05) is 0 Å². The molecule has 31 valence electrons. The predicted octanol–water partition coefficient (Wildman–Crippen LogP) is -0.656. The molecular weight excluding hydrogens is 201 g/mol. The van der Waals surface area contributed by atoms with E-state index < -0.39 is 0 Å². The molecule has 0 nitrogen and oxygen atoms in total. The molecule has 0 saturated carbocycles. The summed E-state index contributed by atoms with van der Waals surface area (Å²) in [5, 5.41) is 0. The molecule has 0 aromatic carbocycles. The van der Waals surface area contributed by atoms with Gasteiger partial charge in [0.15, 0.2) is 0 Å². The van der Waals surface area contributed by atoms with Gasteiger partial charge in [0.1, 0.15) is 0 Å². The summed E-state index contributed by atoms with van der Waals surface area (Å²) < 4.78 is 0. The Hall–Kier alpha value is 2.53. The summed E-state index contributed by atoms with van der Waals surface area (Å²) in [6.45, 7) is 0. The minimum Gasteiger partial charge on any atom is 0 e. The van der Waals surface area contributed by atoms with Crippen molar-refractivity contribution in [3.8, 4) is 0 Å². The SMILES string of the molecule is [Cu].[Fe].[NaH].[Ni]. The van der Waals surface area contributed by atoms with Gasteiger partial charge in [-0.1, -0.05) is 0 Å². The molecule has 4 heavy (non-hydrogen) atoms. The molecular formula is HCuFeNaNi. The summed E-state index contributed by atoms with van der Waals surface area (Å²) in [5.41, 5.74) is 0. The van der Waals surface area contributed by atoms with E-state index in [0.717, 1.165) is 0 Å².